The van der Waals surface area contributed by atoms with E-state index in [0.29, 0.717) is 41.3 Å². The minimum atomic E-state index is -0.364. The van der Waals surface area contributed by atoms with Gasteiger partial charge in [0.05, 0.1) is 11.6 Å². The molecule has 0 aliphatic heterocycles. The monoisotopic (exact) mass is 375 g/mol. The quantitative estimate of drug-likeness (QED) is 0.646. The average Bonchev–Trinajstić information content (AvgIpc) is 2.71. The van der Waals surface area contributed by atoms with E-state index >= 15 is 0 Å². The number of nitrogens with one attached hydrogen (secondary N) is 2. The first-order chi connectivity index (χ1) is 13.6. The zero-order chi connectivity index (χ0) is 19.8. The maximum Gasteiger partial charge on any atom is 0.319 e. The molecule has 2 amide bonds. The number of nitrogens with zero attached hydrogens (tertiary/aromatic N) is 1. The number of nitriles is 1. The number of halogens is 1. The maximum atomic E-state index is 13.5. The molecule has 3 rings (SSSR count). The van der Waals surface area contributed by atoms with Crippen LogP contribution in [0.3, 0.4) is 0 Å². The Morgan fingerprint density at radius 1 is 0.964 bits per heavy atom. The van der Waals surface area contributed by atoms with E-state index in [0.717, 1.165) is 0 Å². The molecule has 0 spiro atoms. The molecule has 0 saturated heterocycles. The van der Waals surface area contributed by atoms with E-state index in [4.69, 9.17) is 10.00 Å². The molecule has 140 valence electrons. The Balaban J connectivity index is 1.47. The first-order valence-corrected chi connectivity index (χ1v) is 8.70. The molecule has 0 saturated carbocycles. The molecule has 0 atom stereocenters. The zero-order valence-corrected chi connectivity index (χ0v) is 15.0. The third-order valence-electron chi connectivity index (χ3n) is 3.97. The summed E-state index contributed by atoms with van der Waals surface area (Å²) >= 11 is 0. The molecular weight excluding hydrogens is 357 g/mol. The number of hydrogen-bond donors (Lipinski definition) is 2. The van der Waals surface area contributed by atoms with Gasteiger partial charge in [-0.15, -0.1) is 0 Å². The van der Waals surface area contributed by atoms with E-state index in [2.05, 4.69) is 10.6 Å². The van der Waals surface area contributed by atoms with Crippen LogP contribution in [0.5, 0.6) is 11.5 Å². The van der Waals surface area contributed by atoms with Gasteiger partial charge in [0.1, 0.15) is 17.3 Å². The molecule has 0 bridgehead atoms. The molecule has 28 heavy (non-hydrogen) atoms. The molecule has 0 heterocycles. The van der Waals surface area contributed by atoms with Crippen LogP contribution in [-0.2, 0) is 6.42 Å². The van der Waals surface area contributed by atoms with E-state index in [1.54, 1.807) is 66.7 Å². The Bertz CT molecular complexity index is 980. The van der Waals surface area contributed by atoms with Crippen molar-refractivity contribution >= 4 is 11.7 Å². The van der Waals surface area contributed by atoms with Crippen molar-refractivity contribution in [3.8, 4) is 17.6 Å². The Morgan fingerprint density at radius 3 is 2.25 bits per heavy atom. The number of benzene rings is 3. The van der Waals surface area contributed by atoms with Gasteiger partial charge in [-0.25, -0.2) is 9.18 Å². The Hall–Kier alpha value is -3.85. The first kappa shape index (κ1) is 18.9. The smallest absolute Gasteiger partial charge is 0.319 e. The number of carbonyl (C=O) groups is 1. The van der Waals surface area contributed by atoms with Gasteiger partial charge in [0.25, 0.3) is 0 Å². The molecule has 5 nitrogen and oxygen atoms in total. The minimum Gasteiger partial charge on any atom is -0.457 e. The number of rotatable bonds is 6. The summed E-state index contributed by atoms with van der Waals surface area (Å²) in [6.07, 6.45) is 0.414. The highest BCUT2D eigenvalue weighted by Gasteiger charge is 2.04. The maximum absolute atomic E-state index is 13.5. The van der Waals surface area contributed by atoms with Crippen molar-refractivity contribution in [2.24, 2.45) is 0 Å². The minimum absolute atomic E-state index is 0.275. The number of urea groups is 1. The van der Waals surface area contributed by atoms with Gasteiger partial charge in [0.2, 0.25) is 0 Å². The Kier molecular flexibility index (Phi) is 6.21. The molecular formula is C22H18FN3O2. The topological polar surface area (TPSA) is 74.1 Å². The third kappa shape index (κ3) is 5.32. The van der Waals surface area contributed by atoms with E-state index in [9.17, 15) is 9.18 Å². The average molecular weight is 375 g/mol. The Morgan fingerprint density at radius 2 is 1.61 bits per heavy atom. The fourth-order valence-corrected chi connectivity index (χ4v) is 2.53. The molecule has 3 aromatic carbocycles. The van der Waals surface area contributed by atoms with Crippen LogP contribution in [0, 0.1) is 17.1 Å². The van der Waals surface area contributed by atoms with E-state index in [1.165, 1.54) is 6.07 Å². The fraction of sp³-hybridized carbons (Fsp3) is 0.0909. The lowest BCUT2D eigenvalue weighted by Gasteiger charge is -2.09. The summed E-state index contributed by atoms with van der Waals surface area (Å²) in [6, 6.07) is 21.9. The van der Waals surface area contributed by atoms with E-state index in [1.807, 2.05) is 6.07 Å². The molecule has 0 aliphatic rings. The zero-order valence-electron chi connectivity index (χ0n) is 15.0. The third-order valence-corrected chi connectivity index (χ3v) is 3.97. The molecule has 0 radical (unpaired) electrons. The lowest BCUT2D eigenvalue weighted by atomic mass is 10.1. The summed E-state index contributed by atoms with van der Waals surface area (Å²) in [5.41, 5.74) is 1.73. The van der Waals surface area contributed by atoms with Gasteiger partial charge in [-0.05, 0) is 66.6 Å². The number of anilines is 1. The molecule has 0 unspecified atom stereocenters. The fourth-order valence-electron chi connectivity index (χ4n) is 2.53. The standard InChI is InChI=1S/C22H18FN3O2/c23-21-4-2-1-3-17(21)13-14-25-22(27)26-18-7-11-20(12-8-18)28-19-9-5-16(15-24)6-10-19/h1-12H,13-14H2,(H2,25,26,27). The van der Waals surface area contributed by atoms with Gasteiger partial charge in [-0.3, -0.25) is 0 Å². The lowest BCUT2D eigenvalue weighted by molar-refractivity contribution is 0.252. The first-order valence-electron chi connectivity index (χ1n) is 8.70. The van der Waals surface area contributed by atoms with Gasteiger partial charge >= 0.3 is 6.03 Å². The van der Waals surface area contributed by atoms with Gasteiger partial charge in [0.15, 0.2) is 0 Å². The number of hydrogen-bond acceptors (Lipinski definition) is 3. The predicted octanol–water partition coefficient (Wildman–Crippen LogP) is 4.85. The molecule has 3 aromatic rings. The summed E-state index contributed by atoms with van der Waals surface area (Å²) < 4.78 is 19.2. The number of ether oxygens (including phenoxy) is 1. The van der Waals surface area contributed by atoms with Crippen LogP contribution in [0.15, 0.2) is 72.8 Å². The predicted molar refractivity (Wildman–Crippen MR) is 105 cm³/mol. The van der Waals surface area contributed by atoms with Gasteiger partial charge in [-0.2, -0.15) is 5.26 Å². The highest BCUT2D eigenvalue weighted by Crippen LogP contribution is 2.23. The van der Waals surface area contributed by atoms with Crippen LogP contribution in [0.25, 0.3) is 0 Å². The molecule has 0 aromatic heterocycles. The van der Waals surface area contributed by atoms with Crippen LogP contribution in [0.2, 0.25) is 0 Å². The molecule has 0 aliphatic carbocycles. The summed E-state index contributed by atoms with van der Waals surface area (Å²) in [7, 11) is 0. The van der Waals surface area contributed by atoms with Crippen molar-refractivity contribution < 1.29 is 13.9 Å². The van der Waals surface area contributed by atoms with E-state index in [-0.39, 0.29) is 11.8 Å². The van der Waals surface area contributed by atoms with Crippen molar-refractivity contribution in [2.75, 3.05) is 11.9 Å². The highest BCUT2D eigenvalue weighted by atomic mass is 19.1. The summed E-state index contributed by atoms with van der Waals surface area (Å²) in [6.45, 7) is 0.326. The van der Waals surface area contributed by atoms with Gasteiger partial charge in [-0.1, -0.05) is 18.2 Å². The second kappa shape index (κ2) is 9.19. The number of amides is 2. The summed E-state index contributed by atoms with van der Waals surface area (Å²) in [5.74, 6) is 0.948. The second-order valence-corrected chi connectivity index (χ2v) is 5.98. The molecule has 0 fully saturated rings. The van der Waals surface area contributed by atoms with Crippen molar-refractivity contribution in [2.45, 2.75) is 6.42 Å². The van der Waals surface area contributed by atoms with Gasteiger partial charge < -0.3 is 15.4 Å². The van der Waals surface area contributed by atoms with E-state index < -0.39 is 0 Å². The lowest BCUT2D eigenvalue weighted by Crippen LogP contribution is -2.30. The van der Waals surface area contributed by atoms with Crippen LogP contribution in [0.1, 0.15) is 11.1 Å². The second-order valence-electron chi connectivity index (χ2n) is 5.98. The van der Waals surface area contributed by atoms with Crippen LogP contribution in [0.4, 0.5) is 14.9 Å². The van der Waals surface area contributed by atoms with Crippen LogP contribution < -0.4 is 15.4 Å². The van der Waals surface area contributed by atoms with Crippen LogP contribution in [-0.4, -0.2) is 12.6 Å². The SMILES string of the molecule is N#Cc1ccc(Oc2ccc(NC(=O)NCCc3ccccc3F)cc2)cc1. The number of carbonyl (C=O) groups excluding carboxylic acids is 1. The molecule has 2 N–H and O–H groups in total. The summed E-state index contributed by atoms with van der Waals surface area (Å²) in [5, 5.41) is 14.2. The highest BCUT2D eigenvalue weighted by molar-refractivity contribution is 5.89. The Labute approximate surface area is 162 Å². The van der Waals surface area contributed by atoms with Crippen molar-refractivity contribution in [3.63, 3.8) is 0 Å². The normalized spacial score (nSPS) is 10.0. The largest absolute Gasteiger partial charge is 0.457 e. The van der Waals surface area contributed by atoms with Crippen molar-refractivity contribution in [1.82, 2.24) is 5.32 Å². The molecule has 6 heteroatoms. The van der Waals surface area contributed by atoms with Gasteiger partial charge in [0, 0.05) is 12.2 Å². The van der Waals surface area contributed by atoms with Crippen molar-refractivity contribution in [3.05, 3.63) is 89.7 Å². The van der Waals surface area contributed by atoms with Crippen LogP contribution >= 0.6 is 0 Å². The summed E-state index contributed by atoms with van der Waals surface area (Å²) in [4.78, 5) is 12.0. The van der Waals surface area contributed by atoms with Crippen molar-refractivity contribution in [1.29, 1.82) is 5.26 Å².